The minimum Gasteiger partial charge on any atom is -0.493 e. The lowest BCUT2D eigenvalue weighted by Crippen LogP contribution is -2.23. The molecule has 0 N–H and O–H groups in total. The van der Waals surface area contributed by atoms with Crippen molar-refractivity contribution in [1.29, 1.82) is 0 Å². The van der Waals surface area contributed by atoms with E-state index in [1.807, 2.05) is 50.2 Å². The molecule has 1 saturated heterocycles. The zero-order valence-corrected chi connectivity index (χ0v) is 13.6. The fourth-order valence-corrected chi connectivity index (χ4v) is 3.05. The van der Waals surface area contributed by atoms with Crippen molar-refractivity contribution in [3.63, 3.8) is 0 Å². The van der Waals surface area contributed by atoms with Crippen molar-refractivity contribution in [1.82, 2.24) is 0 Å². The van der Waals surface area contributed by atoms with Crippen LogP contribution in [0.15, 0.2) is 36.4 Å². The Morgan fingerprint density at radius 1 is 1.26 bits per heavy atom. The number of hydrogen-bond acceptors (Lipinski definition) is 4. The van der Waals surface area contributed by atoms with Crippen molar-refractivity contribution in [2.75, 3.05) is 13.2 Å². The van der Waals surface area contributed by atoms with Crippen LogP contribution in [0, 0.1) is 5.92 Å². The molecule has 0 spiro atoms. The van der Waals surface area contributed by atoms with Crippen LogP contribution in [0.3, 0.4) is 0 Å². The topological polar surface area (TPSA) is 44.8 Å². The lowest BCUT2D eigenvalue weighted by molar-refractivity contribution is -0.151. The number of ether oxygens (including phenoxy) is 3. The molecule has 1 heterocycles. The van der Waals surface area contributed by atoms with Gasteiger partial charge in [-0.2, -0.15) is 0 Å². The van der Waals surface area contributed by atoms with Crippen LogP contribution >= 0.6 is 0 Å². The highest BCUT2D eigenvalue weighted by molar-refractivity contribution is 5.88. The summed E-state index contributed by atoms with van der Waals surface area (Å²) in [5.41, 5.74) is 0.921. The van der Waals surface area contributed by atoms with Gasteiger partial charge in [0.25, 0.3) is 0 Å². The van der Waals surface area contributed by atoms with Crippen LogP contribution in [0.2, 0.25) is 0 Å². The summed E-state index contributed by atoms with van der Waals surface area (Å²) in [7, 11) is 0. The Bertz CT molecular complexity index is 695. The van der Waals surface area contributed by atoms with Crippen LogP contribution < -0.4 is 4.74 Å². The quantitative estimate of drug-likeness (QED) is 0.789. The predicted molar refractivity (Wildman–Crippen MR) is 88.4 cm³/mol. The van der Waals surface area contributed by atoms with E-state index in [4.69, 9.17) is 14.2 Å². The van der Waals surface area contributed by atoms with Crippen LogP contribution in [-0.2, 0) is 20.9 Å². The van der Waals surface area contributed by atoms with Gasteiger partial charge in [-0.05, 0) is 37.1 Å². The van der Waals surface area contributed by atoms with Gasteiger partial charge in [0, 0.05) is 12.2 Å². The third-order valence-corrected chi connectivity index (χ3v) is 4.34. The van der Waals surface area contributed by atoms with Crippen LogP contribution in [0.4, 0.5) is 0 Å². The summed E-state index contributed by atoms with van der Waals surface area (Å²) in [6, 6.07) is 12.0. The van der Waals surface area contributed by atoms with Gasteiger partial charge in [-0.25, -0.2) is 0 Å². The van der Waals surface area contributed by atoms with Crippen LogP contribution in [-0.4, -0.2) is 25.3 Å². The standard InChI is InChI=1S/C19H22O4/c1-3-21-18-9-8-14-6-4-5-7-16(14)17(18)12-23-19(20)15-10-11-22-13(15)2/h4-9,13,15H,3,10-12H2,1-2H3/t13-,15+/m0/s1. The van der Waals surface area contributed by atoms with E-state index in [9.17, 15) is 4.79 Å². The molecule has 2 aromatic carbocycles. The highest BCUT2D eigenvalue weighted by atomic mass is 16.5. The number of benzene rings is 2. The second kappa shape index (κ2) is 7.01. The zero-order valence-electron chi connectivity index (χ0n) is 13.6. The maximum atomic E-state index is 12.3. The number of fused-ring (bicyclic) bond motifs is 1. The zero-order chi connectivity index (χ0) is 16.2. The molecule has 0 amide bonds. The molecule has 23 heavy (non-hydrogen) atoms. The molecular formula is C19H22O4. The largest absolute Gasteiger partial charge is 0.493 e. The van der Waals surface area contributed by atoms with E-state index in [2.05, 4.69) is 0 Å². The van der Waals surface area contributed by atoms with E-state index in [-0.39, 0.29) is 24.6 Å². The van der Waals surface area contributed by atoms with E-state index in [0.29, 0.717) is 13.2 Å². The average Bonchev–Trinajstić information content (AvgIpc) is 3.00. The number of esters is 1. The predicted octanol–water partition coefficient (Wildman–Crippen LogP) is 3.71. The van der Waals surface area contributed by atoms with Gasteiger partial charge in [-0.3, -0.25) is 4.79 Å². The van der Waals surface area contributed by atoms with Crippen molar-refractivity contribution in [3.8, 4) is 5.75 Å². The molecule has 0 saturated carbocycles. The normalized spacial score (nSPS) is 20.6. The summed E-state index contributed by atoms with van der Waals surface area (Å²) >= 11 is 0. The smallest absolute Gasteiger partial charge is 0.311 e. The average molecular weight is 314 g/mol. The molecule has 0 unspecified atom stereocenters. The Labute approximate surface area is 136 Å². The summed E-state index contributed by atoms with van der Waals surface area (Å²) in [5, 5.41) is 2.17. The van der Waals surface area contributed by atoms with Gasteiger partial charge in [-0.1, -0.05) is 30.3 Å². The fourth-order valence-electron chi connectivity index (χ4n) is 3.05. The van der Waals surface area contributed by atoms with Gasteiger partial charge in [0.2, 0.25) is 0 Å². The van der Waals surface area contributed by atoms with E-state index in [1.54, 1.807) is 0 Å². The highest BCUT2D eigenvalue weighted by Crippen LogP contribution is 2.30. The Morgan fingerprint density at radius 3 is 2.83 bits per heavy atom. The number of carbonyl (C=O) groups excluding carboxylic acids is 1. The Balaban J connectivity index is 1.83. The van der Waals surface area contributed by atoms with Crippen molar-refractivity contribution in [2.24, 2.45) is 5.92 Å². The van der Waals surface area contributed by atoms with E-state index >= 15 is 0 Å². The van der Waals surface area contributed by atoms with E-state index in [1.165, 1.54) is 0 Å². The van der Waals surface area contributed by atoms with Gasteiger partial charge in [0.05, 0.1) is 18.6 Å². The first-order chi connectivity index (χ1) is 11.2. The van der Waals surface area contributed by atoms with Gasteiger partial charge >= 0.3 is 5.97 Å². The maximum absolute atomic E-state index is 12.3. The van der Waals surface area contributed by atoms with Crippen molar-refractivity contribution >= 4 is 16.7 Å². The first-order valence-corrected chi connectivity index (χ1v) is 8.12. The van der Waals surface area contributed by atoms with Crippen molar-refractivity contribution in [3.05, 3.63) is 42.0 Å². The van der Waals surface area contributed by atoms with Crippen molar-refractivity contribution in [2.45, 2.75) is 33.0 Å². The third kappa shape index (κ3) is 3.32. The first-order valence-electron chi connectivity index (χ1n) is 8.12. The molecule has 3 rings (SSSR count). The molecule has 0 bridgehead atoms. The molecule has 0 aliphatic carbocycles. The minimum absolute atomic E-state index is 0.0682. The lowest BCUT2D eigenvalue weighted by Gasteiger charge is -2.16. The van der Waals surface area contributed by atoms with Gasteiger partial charge < -0.3 is 14.2 Å². The molecule has 1 fully saturated rings. The molecule has 0 radical (unpaired) electrons. The number of carbonyl (C=O) groups is 1. The van der Waals surface area contributed by atoms with Crippen molar-refractivity contribution < 1.29 is 19.0 Å². The monoisotopic (exact) mass is 314 g/mol. The molecule has 1 aliphatic rings. The Hall–Kier alpha value is -2.07. The highest BCUT2D eigenvalue weighted by Gasteiger charge is 2.32. The number of rotatable bonds is 5. The summed E-state index contributed by atoms with van der Waals surface area (Å²) in [5.74, 6) is 0.417. The second-order valence-corrected chi connectivity index (χ2v) is 5.78. The van der Waals surface area contributed by atoms with E-state index < -0.39 is 0 Å². The summed E-state index contributed by atoms with van der Waals surface area (Å²) in [4.78, 5) is 12.3. The molecule has 4 nitrogen and oxygen atoms in total. The SMILES string of the molecule is CCOc1ccc2ccccc2c1COC(=O)[C@@H]1CCO[C@H]1C. The molecule has 4 heteroatoms. The number of hydrogen-bond donors (Lipinski definition) is 0. The van der Waals surface area contributed by atoms with Gasteiger partial charge in [-0.15, -0.1) is 0 Å². The van der Waals surface area contributed by atoms with Crippen LogP contribution in [0.5, 0.6) is 5.75 Å². The Kier molecular flexibility index (Phi) is 4.82. The maximum Gasteiger partial charge on any atom is 0.311 e. The first kappa shape index (κ1) is 15.8. The van der Waals surface area contributed by atoms with Crippen LogP contribution in [0.1, 0.15) is 25.8 Å². The lowest BCUT2D eigenvalue weighted by atomic mass is 10.0. The summed E-state index contributed by atoms with van der Waals surface area (Å²) in [6.45, 7) is 5.29. The van der Waals surface area contributed by atoms with Gasteiger partial charge in [0.15, 0.2) is 0 Å². The Morgan fingerprint density at radius 2 is 2.09 bits per heavy atom. The molecule has 0 aromatic heterocycles. The molecule has 2 atom stereocenters. The summed E-state index contributed by atoms with van der Waals surface area (Å²) < 4.78 is 16.7. The second-order valence-electron chi connectivity index (χ2n) is 5.78. The fraction of sp³-hybridized carbons (Fsp3) is 0.421. The van der Waals surface area contributed by atoms with Gasteiger partial charge in [0.1, 0.15) is 12.4 Å². The molecule has 2 aromatic rings. The minimum atomic E-state index is -0.189. The summed E-state index contributed by atoms with van der Waals surface area (Å²) in [6.07, 6.45) is 0.662. The molecule has 1 aliphatic heterocycles. The third-order valence-electron chi connectivity index (χ3n) is 4.34. The molecule has 122 valence electrons. The van der Waals surface area contributed by atoms with E-state index in [0.717, 1.165) is 28.5 Å². The molecular weight excluding hydrogens is 292 g/mol. The van der Waals surface area contributed by atoms with Crippen LogP contribution in [0.25, 0.3) is 10.8 Å².